The molecule has 0 unspecified atom stereocenters. The maximum absolute atomic E-state index is 11.4. The minimum Gasteiger partial charge on any atom is -0.550 e. The van der Waals surface area contributed by atoms with Crippen LogP contribution in [0.1, 0.15) is 193 Å². The molecule has 3 heterocycles. The van der Waals surface area contributed by atoms with Crippen molar-refractivity contribution in [1.29, 1.82) is 0 Å². The van der Waals surface area contributed by atoms with Crippen LogP contribution in [0.4, 0.5) is 19.2 Å². The van der Waals surface area contributed by atoms with Crippen molar-refractivity contribution in [3.63, 3.8) is 0 Å². The van der Waals surface area contributed by atoms with Crippen LogP contribution in [0.25, 0.3) is 0 Å². The average Bonchev–Trinajstić information content (AvgIpc) is 1.90. The number of hydrogen-bond donors (Lipinski definition) is 7. The largest absolute Gasteiger partial charge is 1.00 e. The summed E-state index contributed by atoms with van der Waals surface area (Å²) < 4.78 is 24.4. The van der Waals surface area contributed by atoms with Crippen LogP contribution < -0.4 is 67.0 Å². The second kappa shape index (κ2) is 59.0. The van der Waals surface area contributed by atoms with E-state index < -0.39 is 70.5 Å². The van der Waals surface area contributed by atoms with Crippen LogP contribution in [0.15, 0.2) is 48.6 Å². The molecular weight excluding hydrogens is 1320 g/mol. The predicted molar refractivity (Wildman–Crippen MR) is 356 cm³/mol. The number of nitrogens with two attached hydrogens (primary N) is 1. The number of nitrogens with zero attached hydrogens (tertiary/aromatic N) is 2. The molecule has 0 saturated heterocycles. The number of carbonyl (C=O) groups excluding carboxylic acids is 12. The van der Waals surface area contributed by atoms with E-state index in [1.54, 1.807) is 0 Å². The van der Waals surface area contributed by atoms with E-state index in [2.05, 4.69) is 31.3 Å². The van der Waals surface area contributed by atoms with Crippen molar-refractivity contribution < 1.29 is 126 Å². The number of halogens is 3. The van der Waals surface area contributed by atoms with Crippen LogP contribution in [-0.2, 0) is 66.8 Å². The molecule has 0 aromatic heterocycles. The topological polar surface area (TPSA) is 404 Å². The van der Waals surface area contributed by atoms with Crippen molar-refractivity contribution in [1.82, 2.24) is 36.4 Å². The molecule has 0 aromatic carbocycles. The summed E-state index contributed by atoms with van der Waals surface area (Å²) in [6.45, 7) is 27.5. The van der Waals surface area contributed by atoms with Crippen LogP contribution in [0.3, 0.4) is 0 Å². The molecule has 0 aromatic rings. The van der Waals surface area contributed by atoms with Gasteiger partial charge in [0.1, 0.15) is 22.4 Å². The Morgan fingerprint density at radius 1 is 0.463 bits per heavy atom. The molecule has 9 amide bonds. The quantitative estimate of drug-likeness (QED) is 0.00750. The second-order valence-corrected chi connectivity index (χ2v) is 24.9. The van der Waals surface area contributed by atoms with Gasteiger partial charge in [-0.05, 0) is 148 Å². The van der Waals surface area contributed by atoms with E-state index in [-0.39, 0.29) is 77.0 Å². The van der Waals surface area contributed by atoms with Gasteiger partial charge >= 0.3 is 71.8 Å². The summed E-state index contributed by atoms with van der Waals surface area (Å²) >= 11 is 9.53. The standard InChI is InChI=1S/C15H26N2O5.2C15H24N2O4.C11H24N2O2.C4H2O3.C2H4O2.CH2Cl2.ClH.Na/c1-15(2,3)22-14(21)17-11-7-5-4-6-10-16-12(18)8-9-13(19)20;2*1-15(2,3)21-14(20)16-10-6-4-5-7-11-17-12(18)8-9-13(17)19;1-11(2,3)15-10(14)13-9-7-5-4-6-8-12;5-3-1-2-4(6)7-3;1-2(3)4;2-1-3;;/h8-9H,4-7,10-11H2,1-3H3,(H,16,18)(H,17,21)(H,19,20);2*8-9H,4-7,10-11H2,1-3H3,(H,16,20);4-9,12H2,1-3H3,(H,13,14);1-2H;1H3,(H,3,4);1H2;1H;/q;;;;;;;;+1/p-1/b9-8-;;;;;;;;. The molecule has 8 N–H and O–H groups in total. The number of nitrogens with one attached hydrogen (secondary N) is 5. The van der Waals surface area contributed by atoms with E-state index in [0.29, 0.717) is 45.8 Å². The van der Waals surface area contributed by atoms with Gasteiger partial charge in [-0.1, -0.05) is 51.4 Å². The molecule has 0 fully saturated rings. The molecule has 3 aliphatic heterocycles. The number of amides is 9. The second-order valence-electron chi connectivity index (χ2n) is 24.1. The number of carboxylic acid groups (broad SMARTS) is 2. The summed E-state index contributed by atoms with van der Waals surface area (Å²) in [5, 5.41) is 30.8. The number of alkyl halides is 2. The van der Waals surface area contributed by atoms with E-state index in [1.165, 1.54) is 34.1 Å². The van der Waals surface area contributed by atoms with Crippen LogP contribution in [0.5, 0.6) is 0 Å². The third-order valence-electron chi connectivity index (χ3n) is 10.6. The summed E-state index contributed by atoms with van der Waals surface area (Å²) in [6, 6.07) is 0. The molecule has 3 rings (SSSR count). The molecule has 540 valence electrons. The van der Waals surface area contributed by atoms with Crippen LogP contribution in [0, 0.1) is 0 Å². The Morgan fingerprint density at radius 3 is 0.905 bits per heavy atom. The fourth-order valence-corrected chi connectivity index (χ4v) is 6.77. The van der Waals surface area contributed by atoms with E-state index >= 15 is 0 Å². The number of carboxylic acids is 2. The van der Waals surface area contributed by atoms with Crippen molar-refractivity contribution in [3.8, 4) is 0 Å². The van der Waals surface area contributed by atoms with Crippen molar-refractivity contribution in [2.75, 3.05) is 57.7 Å². The zero-order chi connectivity index (χ0) is 72.1. The van der Waals surface area contributed by atoms with Gasteiger partial charge < -0.3 is 71.0 Å². The van der Waals surface area contributed by atoms with Gasteiger partial charge in [0.05, 0.1) is 5.34 Å². The zero-order valence-corrected chi connectivity index (χ0v) is 62.5. The number of hydrogen-bond acceptors (Lipinski definition) is 20. The molecule has 95 heavy (non-hydrogen) atoms. The Hall–Kier alpha value is -6.30. The van der Waals surface area contributed by atoms with Gasteiger partial charge in [-0.2, -0.15) is 0 Å². The van der Waals surface area contributed by atoms with E-state index in [0.717, 1.165) is 141 Å². The van der Waals surface area contributed by atoms with Gasteiger partial charge in [0.15, 0.2) is 0 Å². The van der Waals surface area contributed by atoms with Crippen molar-refractivity contribution in [3.05, 3.63) is 48.6 Å². The third-order valence-corrected chi connectivity index (χ3v) is 10.6. The summed E-state index contributed by atoms with van der Waals surface area (Å²) in [4.78, 5) is 143. The van der Waals surface area contributed by atoms with Gasteiger partial charge in [-0.15, -0.1) is 35.6 Å². The minimum atomic E-state index is -1.15. The van der Waals surface area contributed by atoms with Crippen molar-refractivity contribution in [2.24, 2.45) is 5.73 Å². The van der Waals surface area contributed by atoms with Crippen molar-refractivity contribution in [2.45, 2.75) is 215 Å². The first-order valence-electron chi connectivity index (χ1n) is 30.8. The summed E-state index contributed by atoms with van der Waals surface area (Å²) in [5.41, 5.74) is 3.51. The molecular formula is C63H106Cl3N8NaO20. The van der Waals surface area contributed by atoms with Crippen molar-refractivity contribution >= 4 is 113 Å². The number of cyclic esters (lactones) is 2. The SMILES string of the molecule is CC(=O)[O-].CC(C)(C)OC(=O)NCCCCCCN.CC(C)(C)OC(=O)NCCCCCCN1C(=O)C=CC1=O.CC(C)(C)OC(=O)NCCCCCCN1C(=O)C=CC1=O.CC(C)(C)OC(=O)NCCCCCCNC(=O)/C=C\C(=O)O.Cl.ClCCl.O=C1C=CC(=O)O1.[Na+]. The molecule has 0 bridgehead atoms. The maximum Gasteiger partial charge on any atom is 1.00 e. The van der Waals surface area contributed by atoms with E-state index in [4.69, 9.17) is 62.9 Å². The van der Waals surface area contributed by atoms with Crippen LogP contribution >= 0.6 is 35.6 Å². The fourth-order valence-electron chi connectivity index (χ4n) is 6.77. The molecule has 0 saturated carbocycles. The Balaban J connectivity index is -0.000000259. The predicted octanol–water partition coefficient (Wildman–Crippen LogP) is 5.08. The van der Waals surface area contributed by atoms with Gasteiger partial charge in [-0.25, -0.2) is 33.6 Å². The Kier molecular flexibility index (Phi) is 62.0. The maximum atomic E-state index is 11.4. The number of ether oxygens (including phenoxy) is 5. The first-order valence-corrected chi connectivity index (χ1v) is 31.8. The molecule has 32 heteroatoms. The average molecular weight is 1420 g/mol. The fraction of sp³-hybridized carbons (Fsp3) is 0.667. The van der Waals surface area contributed by atoms with Gasteiger partial charge in [0.25, 0.3) is 23.6 Å². The van der Waals surface area contributed by atoms with E-state index in [1.807, 2.05) is 83.1 Å². The molecule has 28 nitrogen and oxygen atoms in total. The summed E-state index contributed by atoms with van der Waals surface area (Å²) in [6.07, 6.45) is 22.3. The number of unbranched alkanes of at least 4 members (excludes halogenated alkanes) is 12. The number of carbonyl (C=O) groups is 13. The number of aliphatic carboxylic acids is 2. The summed E-state index contributed by atoms with van der Waals surface area (Å²) in [5.74, 6) is -4.71. The first-order chi connectivity index (χ1) is 43.2. The van der Waals surface area contributed by atoms with Gasteiger partial charge in [-0.3, -0.25) is 33.8 Å². The number of rotatable bonds is 29. The third kappa shape index (κ3) is 75.0. The first kappa shape index (κ1) is 99.7. The molecule has 3 aliphatic rings. The minimum absolute atomic E-state index is 0. The Morgan fingerprint density at radius 2 is 0.695 bits per heavy atom. The van der Waals surface area contributed by atoms with Crippen LogP contribution in [-0.4, -0.2) is 173 Å². The number of imide groups is 2. The molecule has 0 aliphatic carbocycles. The van der Waals surface area contributed by atoms with Gasteiger partial charge in [0.2, 0.25) is 5.91 Å². The normalized spacial score (nSPS) is 12.6. The Labute approximate surface area is 599 Å². The number of esters is 2. The van der Waals surface area contributed by atoms with Crippen LogP contribution in [0.2, 0.25) is 0 Å². The van der Waals surface area contributed by atoms with Gasteiger partial charge in [0, 0.05) is 100 Å². The molecule has 0 spiro atoms. The smallest absolute Gasteiger partial charge is 0.550 e. The monoisotopic (exact) mass is 1420 g/mol. The number of alkyl carbamates (subject to hydrolysis) is 4. The molecule has 0 radical (unpaired) electrons. The zero-order valence-electron chi connectivity index (χ0n) is 58.1. The molecule has 0 atom stereocenters. The van der Waals surface area contributed by atoms with E-state index in [9.17, 15) is 57.5 Å². The summed E-state index contributed by atoms with van der Waals surface area (Å²) in [7, 11) is 0. The Bertz CT molecular complexity index is 2290.